The van der Waals surface area contributed by atoms with E-state index in [9.17, 15) is 9.59 Å². The average molecular weight is 322 g/mol. The zero-order valence-corrected chi connectivity index (χ0v) is 12.5. The van der Waals surface area contributed by atoms with Crippen molar-refractivity contribution in [1.29, 1.82) is 0 Å². The molecular formula is C12H13Cl2NO3S. The third-order valence-electron chi connectivity index (χ3n) is 2.23. The summed E-state index contributed by atoms with van der Waals surface area (Å²) in [6.07, 6.45) is 0. The summed E-state index contributed by atoms with van der Waals surface area (Å²) >= 11 is 13.2. The minimum absolute atomic E-state index is 0.262. The van der Waals surface area contributed by atoms with Crippen LogP contribution >= 0.6 is 35.0 Å². The van der Waals surface area contributed by atoms with Crippen molar-refractivity contribution in [1.82, 2.24) is 5.32 Å². The fourth-order valence-electron chi connectivity index (χ4n) is 1.36. The Hall–Kier alpha value is -0.910. The van der Waals surface area contributed by atoms with Gasteiger partial charge in [0.15, 0.2) is 0 Å². The van der Waals surface area contributed by atoms with Crippen molar-refractivity contribution >= 4 is 46.8 Å². The van der Waals surface area contributed by atoms with Gasteiger partial charge in [-0.15, -0.1) is 0 Å². The Kier molecular flexibility index (Phi) is 6.48. The molecule has 0 heterocycles. The Bertz CT molecular complexity index is 482. The molecule has 0 radical (unpaired) electrons. The number of hydrogen-bond acceptors (Lipinski definition) is 3. The quantitative estimate of drug-likeness (QED) is 0.845. The molecule has 1 amide bonds. The van der Waals surface area contributed by atoms with Gasteiger partial charge in [-0.05, 0) is 23.8 Å². The van der Waals surface area contributed by atoms with Gasteiger partial charge in [0.2, 0.25) is 5.91 Å². The molecule has 0 fully saturated rings. The number of aliphatic carboxylic acids is 1. The molecule has 1 aromatic carbocycles. The molecule has 1 rings (SSSR count). The van der Waals surface area contributed by atoms with E-state index in [-0.39, 0.29) is 11.7 Å². The fourth-order valence-corrected chi connectivity index (χ4v) is 2.86. The van der Waals surface area contributed by atoms with E-state index in [4.69, 9.17) is 28.3 Å². The van der Waals surface area contributed by atoms with Crippen LogP contribution in [0.15, 0.2) is 18.2 Å². The van der Waals surface area contributed by atoms with Crippen LogP contribution in [-0.2, 0) is 15.3 Å². The topological polar surface area (TPSA) is 66.4 Å². The summed E-state index contributed by atoms with van der Waals surface area (Å²) in [7, 11) is 0. The number of rotatable bonds is 6. The number of nitrogens with one attached hydrogen (secondary N) is 1. The van der Waals surface area contributed by atoms with Crippen LogP contribution in [0.5, 0.6) is 0 Å². The van der Waals surface area contributed by atoms with E-state index in [0.717, 1.165) is 5.56 Å². The van der Waals surface area contributed by atoms with E-state index in [0.29, 0.717) is 15.8 Å². The molecule has 0 spiro atoms. The van der Waals surface area contributed by atoms with E-state index >= 15 is 0 Å². The van der Waals surface area contributed by atoms with Crippen molar-refractivity contribution in [2.75, 3.05) is 5.75 Å². The third kappa shape index (κ3) is 5.72. The smallest absolute Gasteiger partial charge is 0.327 e. The van der Waals surface area contributed by atoms with E-state index in [2.05, 4.69) is 5.32 Å². The summed E-state index contributed by atoms with van der Waals surface area (Å²) in [5.41, 5.74) is 0.839. The van der Waals surface area contributed by atoms with E-state index in [1.165, 1.54) is 18.7 Å². The standard InChI is InChI=1S/C12H13Cl2NO3S/c1-7(16)15-11(12(17)18)6-19-5-8-4-9(13)2-3-10(8)14/h2-4,11H,5-6H2,1H3,(H,15,16)(H,17,18). The number of benzene rings is 1. The van der Waals surface area contributed by atoms with Gasteiger partial charge in [0.25, 0.3) is 0 Å². The van der Waals surface area contributed by atoms with Gasteiger partial charge in [-0.2, -0.15) is 11.8 Å². The molecule has 0 saturated heterocycles. The van der Waals surface area contributed by atoms with E-state index < -0.39 is 12.0 Å². The Balaban J connectivity index is 2.54. The monoisotopic (exact) mass is 321 g/mol. The average Bonchev–Trinajstić information content (AvgIpc) is 2.31. The molecule has 0 aliphatic carbocycles. The molecule has 19 heavy (non-hydrogen) atoms. The first-order chi connectivity index (χ1) is 8.90. The summed E-state index contributed by atoms with van der Waals surface area (Å²) in [5, 5.41) is 12.5. The first-order valence-corrected chi connectivity index (χ1v) is 7.32. The van der Waals surface area contributed by atoms with Gasteiger partial charge in [0.05, 0.1) is 0 Å². The fraction of sp³-hybridized carbons (Fsp3) is 0.333. The molecule has 1 unspecified atom stereocenters. The Labute approximate surface area is 125 Å². The zero-order chi connectivity index (χ0) is 14.4. The van der Waals surface area contributed by atoms with Crippen molar-refractivity contribution < 1.29 is 14.7 Å². The molecule has 0 aromatic heterocycles. The zero-order valence-electron chi connectivity index (χ0n) is 10.2. The van der Waals surface area contributed by atoms with Crippen LogP contribution in [0.3, 0.4) is 0 Å². The van der Waals surface area contributed by atoms with Crippen molar-refractivity contribution in [2.45, 2.75) is 18.7 Å². The van der Waals surface area contributed by atoms with Gasteiger partial charge in [-0.1, -0.05) is 23.2 Å². The number of halogens is 2. The summed E-state index contributed by atoms with van der Waals surface area (Å²) in [4.78, 5) is 21.8. The number of carboxylic acid groups (broad SMARTS) is 1. The lowest BCUT2D eigenvalue weighted by atomic mass is 10.2. The molecule has 0 aliphatic rings. The largest absolute Gasteiger partial charge is 0.480 e. The lowest BCUT2D eigenvalue weighted by Crippen LogP contribution is -2.41. The first-order valence-electron chi connectivity index (χ1n) is 5.41. The van der Waals surface area contributed by atoms with Gasteiger partial charge in [0, 0.05) is 28.5 Å². The van der Waals surface area contributed by atoms with Gasteiger partial charge in [-0.25, -0.2) is 4.79 Å². The van der Waals surface area contributed by atoms with E-state index in [1.54, 1.807) is 18.2 Å². The Morgan fingerprint density at radius 3 is 2.68 bits per heavy atom. The maximum atomic E-state index is 10.9. The van der Waals surface area contributed by atoms with Crippen LogP contribution < -0.4 is 5.32 Å². The highest BCUT2D eigenvalue weighted by atomic mass is 35.5. The molecule has 0 saturated carbocycles. The van der Waals surface area contributed by atoms with Crippen LogP contribution in [-0.4, -0.2) is 28.8 Å². The summed E-state index contributed by atoms with van der Waals surface area (Å²) in [5.74, 6) is -0.630. The number of carbonyl (C=O) groups excluding carboxylic acids is 1. The van der Waals surface area contributed by atoms with Gasteiger partial charge < -0.3 is 10.4 Å². The number of carbonyl (C=O) groups is 2. The minimum Gasteiger partial charge on any atom is -0.480 e. The predicted octanol–water partition coefficient (Wildman–Crippen LogP) is 2.82. The van der Waals surface area contributed by atoms with Gasteiger partial charge in [-0.3, -0.25) is 4.79 Å². The molecule has 1 atom stereocenters. The van der Waals surface area contributed by atoms with E-state index in [1.807, 2.05) is 0 Å². The summed E-state index contributed by atoms with van der Waals surface area (Å²) in [6, 6.07) is 4.23. The third-order valence-corrected chi connectivity index (χ3v) is 3.91. The molecule has 4 nitrogen and oxygen atoms in total. The molecule has 0 bridgehead atoms. The first kappa shape index (κ1) is 16.1. The highest BCUT2D eigenvalue weighted by Gasteiger charge is 2.18. The number of carboxylic acids is 1. The lowest BCUT2D eigenvalue weighted by molar-refractivity contribution is -0.140. The maximum Gasteiger partial charge on any atom is 0.327 e. The maximum absolute atomic E-state index is 10.9. The summed E-state index contributed by atoms with van der Waals surface area (Å²) in [6.45, 7) is 1.29. The molecule has 1 aromatic rings. The Morgan fingerprint density at radius 1 is 1.42 bits per heavy atom. The molecule has 2 N–H and O–H groups in total. The SMILES string of the molecule is CC(=O)NC(CSCc1cc(Cl)ccc1Cl)C(=O)O. The van der Waals surface area contributed by atoms with Crippen molar-refractivity contribution in [3.8, 4) is 0 Å². The summed E-state index contributed by atoms with van der Waals surface area (Å²) < 4.78 is 0. The van der Waals surface area contributed by atoms with Crippen LogP contribution in [0.2, 0.25) is 10.0 Å². The number of amides is 1. The normalized spacial score (nSPS) is 11.9. The van der Waals surface area contributed by atoms with Crippen molar-refractivity contribution in [3.05, 3.63) is 33.8 Å². The second-order valence-corrected chi connectivity index (χ2v) is 5.72. The number of hydrogen-bond donors (Lipinski definition) is 2. The molecule has 104 valence electrons. The minimum atomic E-state index is -1.06. The Morgan fingerprint density at radius 2 is 2.11 bits per heavy atom. The van der Waals surface area contributed by atoms with Crippen molar-refractivity contribution in [3.63, 3.8) is 0 Å². The second-order valence-electron chi connectivity index (χ2n) is 3.84. The number of thioether (sulfide) groups is 1. The molecule has 0 aliphatic heterocycles. The van der Waals surface area contributed by atoms with Crippen LogP contribution in [0.25, 0.3) is 0 Å². The lowest BCUT2D eigenvalue weighted by Gasteiger charge is -2.13. The highest BCUT2D eigenvalue weighted by Crippen LogP contribution is 2.24. The molecule has 7 heteroatoms. The van der Waals surface area contributed by atoms with Gasteiger partial charge >= 0.3 is 5.97 Å². The van der Waals surface area contributed by atoms with Crippen LogP contribution in [0.4, 0.5) is 0 Å². The second kappa shape index (κ2) is 7.62. The van der Waals surface area contributed by atoms with Crippen molar-refractivity contribution in [2.24, 2.45) is 0 Å². The van der Waals surface area contributed by atoms with Crippen LogP contribution in [0.1, 0.15) is 12.5 Å². The predicted molar refractivity (Wildman–Crippen MR) is 77.9 cm³/mol. The molecular weight excluding hydrogens is 309 g/mol. The highest BCUT2D eigenvalue weighted by molar-refractivity contribution is 7.98. The van der Waals surface area contributed by atoms with Crippen LogP contribution in [0, 0.1) is 0 Å². The van der Waals surface area contributed by atoms with Gasteiger partial charge in [0.1, 0.15) is 6.04 Å².